The smallest absolute Gasteiger partial charge is 0.233 e. The molecule has 3 rings (SSSR count). The Morgan fingerprint density at radius 3 is 2.10 bits per heavy atom. The lowest BCUT2D eigenvalue weighted by molar-refractivity contribution is -0.127. The van der Waals surface area contributed by atoms with E-state index in [-0.39, 0.29) is 6.42 Å². The number of amides is 2. The van der Waals surface area contributed by atoms with Crippen LogP contribution in [0.5, 0.6) is 5.75 Å². The van der Waals surface area contributed by atoms with Gasteiger partial charge >= 0.3 is 0 Å². The van der Waals surface area contributed by atoms with Crippen LogP contribution in [-0.2, 0) is 9.59 Å². The van der Waals surface area contributed by atoms with Crippen molar-refractivity contribution in [2.75, 3.05) is 12.4 Å². The van der Waals surface area contributed by atoms with Crippen LogP contribution in [0.15, 0.2) is 78.9 Å². The molecule has 0 saturated carbocycles. The highest BCUT2D eigenvalue weighted by molar-refractivity contribution is 6.04. The molecule has 4 N–H and O–H groups in total. The van der Waals surface area contributed by atoms with Gasteiger partial charge in [-0.15, -0.1) is 0 Å². The molecule has 0 bridgehead atoms. The van der Waals surface area contributed by atoms with Crippen LogP contribution in [0, 0.1) is 6.92 Å². The van der Waals surface area contributed by atoms with E-state index >= 15 is 0 Å². The first kappa shape index (κ1) is 22.1. The Labute approximate surface area is 182 Å². The van der Waals surface area contributed by atoms with Crippen LogP contribution < -0.4 is 21.1 Å². The molecule has 0 aromatic heterocycles. The van der Waals surface area contributed by atoms with Gasteiger partial charge in [-0.3, -0.25) is 9.59 Å². The molecule has 0 unspecified atom stereocenters. The van der Waals surface area contributed by atoms with E-state index in [9.17, 15) is 9.59 Å². The molecule has 0 aliphatic rings. The highest BCUT2D eigenvalue weighted by atomic mass is 16.5. The third-order valence-electron chi connectivity index (χ3n) is 5.05. The Bertz CT molecular complexity index is 1020. The fourth-order valence-corrected chi connectivity index (χ4v) is 3.38. The number of carbonyl (C=O) groups excluding carboxylic acids is 2. The number of nitrogens with one attached hydrogen (secondary N) is 2. The third-order valence-corrected chi connectivity index (χ3v) is 5.05. The van der Waals surface area contributed by atoms with Crippen LogP contribution in [-0.4, -0.2) is 18.9 Å². The molecule has 31 heavy (non-hydrogen) atoms. The van der Waals surface area contributed by atoms with Crippen molar-refractivity contribution in [2.24, 2.45) is 5.73 Å². The first-order chi connectivity index (χ1) is 15.0. The summed E-state index contributed by atoms with van der Waals surface area (Å²) >= 11 is 0. The Hall–Kier alpha value is -3.64. The molecule has 6 nitrogen and oxygen atoms in total. The van der Waals surface area contributed by atoms with Crippen molar-refractivity contribution in [1.29, 1.82) is 0 Å². The molecule has 0 heterocycles. The van der Waals surface area contributed by atoms with Crippen molar-refractivity contribution < 1.29 is 14.3 Å². The molecule has 3 aromatic rings. The summed E-state index contributed by atoms with van der Waals surface area (Å²) in [7, 11) is 1.58. The van der Waals surface area contributed by atoms with Crippen molar-refractivity contribution in [3.05, 3.63) is 95.6 Å². The molecule has 3 aromatic carbocycles. The van der Waals surface area contributed by atoms with E-state index in [0.717, 1.165) is 16.7 Å². The van der Waals surface area contributed by atoms with Crippen molar-refractivity contribution >= 4 is 17.5 Å². The van der Waals surface area contributed by atoms with Gasteiger partial charge < -0.3 is 21.1 Å². The van der Waals surface area contributed by atoms with E-state index in [4.69, 9.17) is 10.5 Å². The van der Waals surface area contributed by atoms with Crippen LogP contribution in [0.25, 0.3) is 0 Å². The summed E-state index contributed by atoms with van der Waals surface area (Å²) in [6, 6.07) is 23.5. The molecular weight excluding hydrogens is 390 g/mol. The van der Waals surface area contributed by atoms with Gasteiger partial charge in [0.25, 0.3) is 0 Å². The van der Waals surface area contributed by atoms with Gasteiger partial charge in [-0.25, -0.2) is 0 Å². The lowest BCUT2D eigenvalue weighted by atomic mass is 9.94. The first-order valence-electron chi connectivity index (χ1n) is 10.1. The van der Waals surface area contributed by atoms with Gasteiger partial charge in [-0.05, 0) is 41.8 Å². The van der Waals surface area contributed by atoms with E-state index in [0.29, 0.717) is 11.4 Å². The molecule has 0 radical (unpaired) electrons. The Morgan fingerprint density at radius 2 is 1.52 bits per heavy atom. The van der Waals surface area contributed by atoms with Crippen molar-refractivity contribution in [3.63, 3.8) is 0 Å². The zero-order chi connectivity index (χ0) is 22.2. The zero-order valence-electron chi connectivity index (χ0n) is 17.7. The number of carbonyl (C=O) groups is 2. The number of hydrogen-bond donors (Lipinski definition) is 3. The predicted octanol–water partition coefficient (Wildman–Crippen LogP) is 3.89. The lowest BCUT2D eigenvalue weighted by Gasteiger charge is -2.26. The van der Waals surface area contributed by atoms with E-state index in [1.165, 1.54) is 0 Å². The van der Waals surface area contributed by atoms with Gasteiger partial charge in [0.15, 0.2) is 0 Å². The molecule has 0 aliphatic carbocycles. The van der Waals surface area contributed by atoms with Crippen LogP contribution in [0.1, 0.15) is 35.2 Å². The fraction of sp³-hybridized carbons (Fsp3) is 0.200. The van der Waals surface area contributed by atoms with Crippen LogP contribution in [0.2, 0.25) is 0 Å². The molecule has 2 amide bonds. The minimum absolute atomic E-state index is 0.309. The molecule has 0 spiro atoms. The van der Waals surface area contributed by atoms with Gasteiger partial charge in [-0.2, -0.15) is 0 Å². The summed E-state index contributed by atoms with van der Waals surface area (Å²) in [5, 5.41) is 5.72. The predicted molar refractivity (Wildman–Crippen MR) is 122 cm³/mol. The molecule has 2 atom stereocenters. The topological polar surface area (TPSA) is 93.4 Å². The molecule has 6 heteroatoms. The van der Waals surface area contributed by atoms with Crippen molar-refractivity contribution in [1.82, 2.24) is 5.32 Å². The lowest BCUT2D eigenvalue weighted by Crippen LogP contribution is -2.37. The van der Waals surface area contributed by atoms with Crippen LogP contribution >= 0.6 is 0 Å². The Morgan fingerprint density at radius 1 is 0.903 bits per heavy atom. The second kappa shape index (κ2) is 10.4. The average molecular weight is 418 g/mol. The van der Waals surface area contributed by atoms with E-state index in [2.05, 4.69) is 10.6 Å². The quantitative estimate of drug-likeness (QED) is 0.485. The number of hydrogen-bond acceptors (Lipinski definition) is 4. The normalized spacial score (nSPS) is 12.5. The summed E-state index contributed by atoms with van der Waals surface area (Å²) in [4.78, 5) is 25.2. The summed E-state index contributed by atoms with van der Waals surface area (Å²) in [5.74, 6) is -0.0939. The first-order valence-corrected chi connectivity index (χ1v) is 10.1. The van der Waals surface area contributed by atoms with Gasteiger partial charge in [0.05, 0.1) is 19.2 Å². The van der Waals surface area contributed by atoms with E-state index in [1.54, 1.807) is 19.2 Å². The number of methoxy groups -OCH3 is 1. The summed E-state index contributed by atoms with van der Waals surface area (Å²) in [6.45, 7) is 1.86. The number of rotatable bonds is 8. The Kier molecular flexibility index (Phi) is 7.40. The molecule has 0 fully saturated rings. The van der Waals surface area contributed by atoms with Crippen molar-refractivity contribution in [2.45, 2.75) is 25.4 Å². The second-order valence-electron chi connectivity index (χ2n) is 7.30. The largest absolute Gasteiger partial charge is 0.497 e. The number of nitrogens with two attached hydrogens (primary N) is 1. The fourth-order valence-electron chi connectivity index (χ4n) is 3.38. The molecule has 0 saturated heterocycles. The minimum Gasteiger partial charge on any atom is -0.497 e. The highest BCUT2D eigenvalue weighted by Gasteiger charge is 2.24. The maximum atomic E-state index is 12.7. The van der Waals surface area contributed by atoms with Crippen LogP contribution in [0.3, 0.4) is 0 Å². The van der Waals surface area contributed by atoms with Gasteiger partial charge in [-0.1, -0.05) is 60.7 Å². The zero-order valence-corrected chi connectivity index (χ0v) is 17.7. The number of aryl methyl sites for hydroxylation is 1. The summed E-state index contributed by atoms with van der Waals surface area (Å²) in [5.41, 5.74) is 9.75. The number of benzene rings is 3. The third kappa shape index (κ3) is 5.93. The van der Waals surface area contributed by atoms with Crippen molar-refractivity contribution in [3.8, 4) is 5.75 Å². The maximum absolute atomic E-state index is 12.7. The summed E-state index contributed by atoms with van der Waals surface area (Å²) < 4.78 is 5.18. The summed E-state index contributed by atoms with van der Waals surface area (Å²) in [6.07, 6.45) is -0.309. The standard InChI is InChI=1S/C25H27N3O3/c1-17-15-20(31-2)13-14-21(17)27-22(29)16-23(30)28-25(19-11-7-4-8-12-19)24(26)18-9-5-3-6-10-18/h3-15,24-25H,16,26H2,1-2H3,(H,27,29)(H,28,30)/t24-,25-/m1/s1. The maximum Gasteiger partial charge on any atom is 0.233 e. The van der Waals surface area contributed by atoms with Gasteiger partial charge in [0.1, 0.15) is 12.2 Å². The number of ether oxygens (including phenoxy) is 1. The van der Waals surface area contributed by atoms with E-state index < -0.39 is 23.9 Å². The molecule has 0 aliphatic heterocycles. The van der Waals surface area contributed by atoms with Crippen LogP contribution in [0.4, 0.5) is 5.69 Å². The molecule has 160 valence electrons. The minimum atomic E-state index is -0.466. The monoisotopic (exact) mass is 417 g/mol. The van der Waals surface area contributed by atoms with E-state index in [1.807, 2.05) is 73.7 Å². The molecular formula is C25H27N3O3. The Balaban J connectivity index is 1.69. The second-order valence-corrected chi connectivity index (χ2v) is 7.30. The highest BCUT2D eigenvalue weighted by Crippen LogP contribution is 2.27. The average Bonchev–Trinajstić information content (AvgIpc) is 2.79. The number of anilines is 1. The van der Waals surface area contributed by atoms with Gasteiger partial charge in [0.2, 0.25) is 11.8 Å². The van der Waals surface area contributed by atoms with Gasteiger partial charge in [0, 0.05) is 5.69 Å². The SMILES string of the molecule is COc1ccc(NC(=O)CC(=O)N[C@H](c2ccccc2)[C@H](N)c2ccccc2)c(C)c1.